The van der Waals surface area contributed by atoms with Crippen molar-refractivity contribution >= 4 is 17.9 Å². The fraction of sp³-hybridized carbons (Fsp3) is 0.704. The van der Waals surface area contributed by atoms with Crippen LogP contribution in [0.1, 0.15) is 303 Å². The first-order valence-corrected chi connectivity index (χ1v) is 32.4. The molecule has 0 rings (SSSR count). The molecule has 0 heterocycles. The molecule has 0 amide bonds. The Balaban J connectivity index is 4.29. The van der Waals surface area contributed by atoms with Crippen LogP contribution < -0.4 is 0 Å². The lowest BCUT2D eigenvalue weighted by Crippen LogP contribution is -2.30. The molecule has 0 aromatic heterocycles. The average Bonchev–Trinajstić information content (AvgIpc) is 3.43. The zero-order valence-corrected chi connectivity index (χ0v) is 50.4. The molecule has 0 N–H and O–H groups in total. The predicted octanol–water partition coefficient (Wildman–Crippen LogP) is 22.2. The summed E-state index contributed by atoms with van der Waals surface area (Å²) in [6.45, 7) is 6.41. The van der Waals surface area contributed by atoms with Crippen molar-refractivity contribution in [2.45, 2.75) is 309 Å². The van der Waals surface area contributed by atoms with Gasteiger partial charge in [-0.05, 0) is 116 Å². The lowest BCUT2D eigenvalue weighted by Gasteiger charge is -2.18. The first-order valence-electron chi connectivity index (χ1n) is 32.4. The summed E-state index contributed by atoms with van der Waals surface area (Å²) in [6, 6.07) is 0. The Morgan fingerprint density at radius 1 is 0.273 bits per heavy atom. The van der Waals surface area contributed by atoms with Gasteiger partial charge in [-0.1, -0.05) is 278 Å². The Morgan fingerprint density at radius 3 is 0.883 bits per heavy atom. The number of unbranched alkanes of at least 4 members (excludes halogenated alkanes) is 29. The molecule has 0 aliphatic carbocycles. The molecule has 1 unspecified atom stereocenters. The van der Waals surface area contributed by atoms with Gasteiger partial charge in [-0.2, -0.15) is 0 Å². The minimum atomic E-state index is -0.815. The SMILES string of the molecule is CC/C=C\C/C=C\C/C=C\C/C=C\C/C=C\CCCC(=O)OC(COC(=O)CCCCCCC/C=C\C/C=C\CCC)COC(=O)CCCCCCCCCCCCCCCCCCC/C=C\C/C=C\CCCCCCC. The third-order valence-corrected chi connectivity index (χ3v) is 13.7. The van der Waals surface area contributed by atoms with Crippen LogP contribution >= 0.6 is 0 Å². The van der Waals surface area contributed by atoms with Gasteiger partial charge in [0, 0.05) is 19.3 Å². The van der Waals surface area contributed by atoms with Crippen molar-refractivity contribution in [1.29, 1.82) is 0 Å². The zero-order valence-electron chi connectivity index (χ0n) is 50.4. The first kappa shape index (κ1) is 73.1. The third-order valence-electron chi connectivity index (χ3n) is 13.7. The first-order chi connectivity index (χ1) is 38.0. The van der Waals surface area contributed by atoms with Gasteiger partial charge in [0.1, 0.15) is 13.2 Å². The Bertz CT molecular complexity index is 1560. The number of carbonyl (C=O) groups is 3. The van der Waals surface area contributed by atoms with Crippen molar-refractivity contribution in [3.05, 3.63) is 109 Å². The second-order valence-corrected chi connectivity index (χ2v) is 21.3. The summed E-state index contributed by atoms with van der Waals surface area (Å²) in [4.78, 5) is 38.2. The molecule has 0 aromatic carbocycles. The monoisotopic (exact) mass is 1070 g/mol. The van der Waals surface area contributed by atoms with Gasteiger partial charge in [0.05, 0.1) is 0 Å². The van der Waals surface area contributed by atoms with Gasteiger partial charge < -0.3 is 14.2 Å². The van der Waals surface area contributed by atoms with E-state index < -0.39 is 6.10 Å². The fourth-order valence-electron chi connectivity index (χ4n) is 8.90. The average molecular weight is 1070 g/mol. The third kappa shape index (κ3) is 62.8. The highest BCUT2D eigenvalue weighted by atomic mass is 16.6. The summed E-state index contributed by atoms with van der Waals surface area (Å²) in [5.41, 5.74) is 0. The molecule has 0 saturated carbocycles. The van der Waals surface area contributed by atoms with E-state index in [1.165, 1.54) is 141 Å². The van der Waals surface area contributed by atoms with E-state index in [4.69, 9.17) is 14.2 Å². The summed E-state index contributed by atoms with van der Waals surface area (Å²) in [5.74, 6) is -0.973. The van der Waals surface area contributed by atoms with Crippen LogP contribution in [-0.2, 0) is 28.6 Å². The zero-order chi connectivity index (χ0) is 55.7. The quantitative estimate of drug-likeness (QED) is 0.0261. The number of carbonyl (C=O) groups excluding carboxylic acids is 3. The van der Waals surface area contributed by atoms with Gasteiger partial charge in [0.25, 0.3) is 0 Å². The van der Waals surface area contributed by atoms with Crippen LogP contribution in [0.4, 0.5) is 0 Å². The van der Waals surface area contributed by atoms with Gasteiger partial charge >= 0.3 is 17.9 Å². The summed E-state index contributed by atoms with van der Waals surface area (Å²) >= 11 is 0. The minimum absolute atomic E-state index is 0.105. The number of hydrogen-bond acceptors (Lipinski definition) is 6. The van der Waals surface area contributed by atoms with Gasteiger partial charge in [-0.3, -0.25) is 14.4 Å². The summed E-state index contributed by atoms with van der Waals surface area (Å²) < 4.78 is 16.8. The Hall–Kier alpha value is -3.93. The molecule has 6 nitrogen and oxygen atoms in total. The van der Waals surface area contributed by atoms with E-state index >= 15 is 0 Å². The maximum absolute atomic E-state index is 12.9. The van der Waals surface area contributed by atoms with Crippen LogP contribution in [0.25, 0.3) is 0 Å². The van der Waals surface area contributed by atoms with Crippen LogP contribution in [0, 0.1) is 0 Å². The highest BCUT2D eigenvalue weighted by molar-refractivity contribution is 5.71. The lowest BCUT2D eigenvalue weighted by molar-refractivity contribution is -0.167. The van der Waals surface area contributed by atoms with E-state index in [2.05, 4.69) is 130 Å². The van der Waals surface area contributed by atoms with Crippen molar-refractivity contribution in [2.24, 2.45) is 0 Å². The van der Waals surface area contributed by atoms with Gasteiger partial charge in [-0.25, -0.2) is 0 Å². The van der Waals surface area contributed by atoms with Gasteiger partial charge in [0.2, 0.25) is 0 Å². The molecular formula is C71H120O6. The van der Waals surface area contributed by atoms with E-state index in [1.54, 1.807) is 0 Å². The molecule has 77 heavy (non-hydrogen) atoms. The molecule has 0 bridgehead atoms. The van der Waals surface area contributed by atoms with Crippen LogP contribution in [0.2, 0.25) is 0 Å². The molecule has 0 saturated heterocycles. The van der Waals surface area contributed by atoms with Crippen LogP contribution in [0.3, 0.4) is 0 Å². The van der Waals surface area contributed by atoms with Crippen molar-refractivity contribution in [1.82, 2.24) is 0 Å². The van der Waals surface area contributed by atoms with Crippen LogP contribution in [0.5, 0.6) is 0 Å². The molecular weight excluding hydrogens is 949 g/mol. The van der Waals surface area contributed by atoms with Crippen molar-refractivity contribution in [3.63, 3.8) is 0 Å². The summed E-state index contributed by atoms with van der Waals surface area (Å²) in [7, 11) is 0. The van der Waals surface area contributed by atoms with Crippen molar-refractivity contribution in [2.75, 3.05) is 13.2 Å². The molecule has 440 valence electrons. The van der Waals surface area contributed by atoms with Crippen LogP contribution in [0.15, 0.2) is 109 Å². The molecule has 6 heteroatoms. The highest BCUT2D eigenvalue weighted by Gasteiger charge is 2.19. The second-order valence-electron chi connectivity index (χ2n) is 21.3. The molecule has 1 atom stereocenters. The van der Waals surface area contributed by atoms with Crippen molar-refractivity contribution in [3.8, 4) is 0 Å². The Kier molecular flexibility index (Phi) is 61.3. The smallest absolute Gasteiger partial charge is 0.306 e. The van der Waals surface area contributed by atoms with E-state index in [-0.39, 0.29) is 37.5 Å². The maximum atomic E-state index is 12.9. The predicted molar refractivity (Wildman–Crippen MR) is 334 cm³/mol. The lowest BCUT2D eigenvalue weighted by atomic mass is 10.0. The topological polar surface area (TPSA) is 78.9 Å². The Morgan fingerprint density at radius 2 is 0.545 bits per heavy atom. The molecule has 0 fully saturated rings. The maximum Gasteiger partial charge on any atom is 0.306 e. The number of hydrogen-bond donors (Lipinski definition) is 0. The summed E-state index contributed by atoms with van der Waals surface area (Å²) in [6.07, 6.45) is 88.3. The van der Waals surface area contributed by atoms with E-state index in [9.17, 15) is 14.4 Å². The van der Waals surface area contributed by atoms with Gasteiger partial charge in [0.15, 0.2) is 6.10 Å². The van der Waals surface area contributed by atoms with Crippen LogP contribution in [-0.4, -0.2) is 37.2 Å². The largest absolute Gasteiger partial charge is 0.462 e. The number of rotatable bonds is 58. The normalized spacial score (nSPS) is 12.8. The number of allylic oxidation sites excluding steroid dienone is 18. The molecule has 0 aliphatic heterocycles. The standard InChI is InChI=1S/C71H120O6/c1-4-7-10-13-16-19-22-25-27-29-30-31-32-33-34-35-36-37-38-39-40-42-43-46-49-52-55-58-61-64-70(73)76-67-68(66-75-69(72)63-60-57-54-51-48-45-24-21-18-15-12-9-6-3)77-71(74)65-62-59-56-53-50-47-44-41-28-26-23-20-17-14-11-8-5-2/h8,11-12,15,17,20-22,24-26,28-30,44,47,53,56,68H,4-7,9-10,13-14,16,18-19,23,27,31-43,45-46,48-52,54-55,57-67H2,1-3H3/b11-8-,15-12-,20-17-,24-21-,25-22-,28-26-,30-29-,47-44-,56-53-. The van der Waals surface area contributed by atoms with Gasteiger partial charge in [-0.15, -0.1) is 0 Å². The fourth-order valence-corrected chi connectivity index (χ4v) is 8.90. The molecule has 0 spiro atoms. The number of ether oxygens (including phenoxy) is 3. The van der Waals surface area contributed by atoms with E-state index in [1.807, 2.05) is 0 Å². The minimum Gasteiger partial charge on any atom is -0.462 e. The molecule has 0 aromatic rings. The van der Waals surface area contributed by atoms with Crippen molar-refractivity contribution < 1.29 is 28.6 Å². The van der Waals surface area contributed by atoms with E-state index in [0.29, 0.717) is 19.3 Å². The molecule has 0 aliphatic rings. The Labute approximate surface area is 476 Å². The highest BCUT2D eigenvalue weighted by Crippen LogP contribution is 2.16. The van der Waals surface area contributed by atoms with E-state index in [0.717, 1.165) is 116 Å². The number of esters is 3. The second kappa shape index (κ2) is 64.6. The molecule has 0 radical (unpaired) electrons. The summed E-state index contributed by atoms with van der Waals surface area (Å²) in [5, 5.41) is 0.